The number of amides is 1. The van der Waals surface area contributed by atoms with E-state index in [1.165, 1.54) is 6.08 Å². The van der Waals surface area contributed by atoms with Crippen LogP contribution in [0.15, 0.2) is 24.3 Å². The zero-order chi connectivity index (χ0) is 16.5. The molecule has 0 atom stereocenters. The van der Waals surface area contributed by atoms with Gasteiger partial charge in [0.25, 0.3) is 5.91 Å². The minimum atomic E-state index is -0.559. The Morgan fingerprint density at radius 3 is 2.59 bits per heavy atom. The van der Waals surface area contributed by atoms with Crippen molar-refractivity contribution in [1.82, 2.24) is 5.32 Å². The van der Waals surface area contributed by atoms with Crippen LogP contribution in [-0.2, 0) is 14.3 Å². The molecule has 0 fully saturated rings. The molecule has 120 valence electrons. The third-order valence-corrected chi connectivity index (χ3v) is 3.71. The van der Waals surface area contributed by atoms with Crippen LogP contribution in [0.1, 0.15) is 37.8 Å². The first kappa shape index (κ1) is 18.2. The van der Waals surface area contributed by atoms with Crippen molar-refractivity contribution in [3.8, 4) is 0 Å². The average molecular weight is 324 g/mol. The van der Waals surface area contributed by atoms with Gasteiger partial charge >= 0.3 is 5.97 Å². The van der Waals surface area contributed by atoms with E-state index in [4.69, 9.17) is 16.3 Å². The normalized spacial score (nSPS) is 11.0. The largest absolute Gasteiger partial charge is 0.452 e. The Balaban J connectivity index is 2.44. The van der Waals surface area contributed by atoms with Crippen LogP contribution in [0.25, 0.3) is 6.08 Å². The van der Waals surface area contributed by atoms with Gasteiger partial charge in [0.2, 0.25) is 0 Å². The van der Waals surface area contributed by atoms with Crippen LogP contribution in [0.2, 0.25) is 5.02 Å². The van der Waals surface area contributed by atoms with E-state index in [0.29, 0.717) is 5.02 Å². The van der Waals surface area contributed by atoms with E-state index >= 15 is 0 Å². The first-order valence-corrected chi connectivity index (χ1v) is 7.74. The lowest BCUT2D eigenvalue weighted by Gasteiger charge is -2.14. The Kier molecular flexibility index (Phi) is 7.67. The van der Waals surface area contributed by atoms with Gasteiger partial charge in [-0.05, 0) is 43.0 Å². The number of carbonyl (C=O) groups excluding carboxylic acids is 2. The van der Waals surface area contributed by atoms with Gasteiger partial charge in [-0.25, -0.2) is 4.79 Å². The van der Waals surface area contributed by atoms with E-state index in [0.717, 1.165) is 24.0 Å². The van der Waals surface area contributed by atoms with Crippen molar-refractivity contribution in [2.75, 3.05) is 6.61 Å². The van der Waals surface area contributed by atoms with Crippen LogP contribution in [0.4, 0.5) is 0 Å². The van der Waals surface area contributed by atoms with Crippen LogP contribution in [0.3, 0.4) is 0 Å². The predicted molar refractivity (Wildman–Crippen MR) is 88.7 cm³/mol. The number of carbonyl (C=O) groups is 2. The molecule has 0 saturated carbocycles. The maximum absolute atomic E-state index is 11.6. The lowest BCUT2D eigenvalue weighted by Crippen LogP contribution is -2.36. The molecule has 22 heavy (non-hydrogen) atoms. The van der Waals surface area contributed by atoms with E-state index in [-0.39, 0.29) is 18.6 Å². The number of aryl methyl sites for hydroxylation is 1. The molecule has 0 radical (unpaired) electrons. The van der Waals surface area contributed by atoms with E-state index in [9.17, 15) is 9.59 Å². The summed E-state index contributed by atoms with van der Waals surface area (Å²) in [5, 5.41) is 3.44. The van der Waals surface area contributed by atoms with Crippen molar-refractivity contribution in [2.24, 2.45) is 0 Å². The minimum Gasteiger partial charge on any atom is -0.452 e. The van der Waals surface area contributed by atoms with Crippen molar-refractivity contribution in [3.63, 3.8) is 0 Å². The molecule has 4 nitrogen and oxygen atoms in total. The van der Waals surface area contributed by atoms with Gasteiger partial charge in [0.15, 0.2) is 6.61 Å². The van der Waals surface area contributed by atoms with E-state index in [1.54, 1.807) is 12.1 Å². The van der Waals surface area contributed by atoms with Gasteiger partial charge in [-0.1, -0.05) is 37.6 Å². The summed E-state index contributed by atoms with van der Waals surface area (Å²) in [6, 6.07) is 5.61. The van der Waals surface area contributed by atoms with E-state index in [2.05, 4.69) is 5.32 Å². The number of benzene rings is 1. The Morgan fingerprint density at radius 2 is 2.00 bits per heavy atom. The molecule has 0 aliphatic heterocycles. The molecule has 0 aliphatic carbocycles. The standard InChI is InChI=1S/C17H22ClNO3/c1-4-14(5-2)19-16(20)11-22-17(21)9-8-13-7-6-12(3)15(18)10-13/h6-10,14H,4-5,11H2,1-3H3,(H,19,20)/b9-8+. The summed E-state index contributed by atoms with van der Waals surface area (Å²) in [6.45, 7) is 5.63. The summed E-state index contributed by atoms with van der Waals surface area (Å²) in [5.41, 5.74) is 1.77. The maximum atomic E-state index is 11.6. The van der Waals surface area contributed by atoms with Gasteiger partial charge < -0.3 is 10.1 Å². The molecular weight excluding hydrogens is 302 g/mol. The van der Waals surface area contributed by atoms with Crippen molar-refractivity contribution in [3.05, 3.63) is 40.4 Å². The number of halogens is 1. The fourth-order valence-electron chi connectivity index (χ4n) is 1.82. The first-order chi connectivity index (χ1) is 10.5. The topological polar surface area (TPSA) is 55.4 Å². The zero-order valence-electron chi connectivity index (χ0n) is 13.2. The summed E-state index contributed by atoms with van der Waals surface area (Å²) >= 11 is 6.00. The average Bonchev–Trinajstić information content (AvgIpc) is 2.51. The SMILES string of the molecule is CCC(CC)NC(=O)COC(=O)/C=C/c1ccc(C)c(Cl)c1. The molecular formula is C17H22ClNO3. The number of hydrogen-bond acceptors (Lipinski definition) is 3. The van der Waals surface area contributed by atoms with E-state index < -0.39 is 5.97 Å². The molecule has 1 amide bonds. The van der Waals surface area contributed by atoms with Crippen molar-refractivity contribution in [1.29, 1.82) is 0 Å². The van der Waals surface area contributed by atoms with Gasteiger partial charge in [-0.3, -0.25) is 4.79 Å². The van der Waals surface area contributed by atoms with Crippen molar-refractivity contribution < 1.29 is 14.3 Å². The fourth-order valence-corrected chi connectivity index (χ4v) is 2.01. The first-order valence-electron chi connectivity index (χ1n) is 7.36. The third-order valence-electron chi connectivity index (χ3n) is 3.30. The number of hydrogen-bond donors (Lipinski definition) is 1. The lowest BCUT2D eigenvalue weighted by atomic mass is 10.1. The summed E-state index contributed by atoms with van der Waals surface area (Å²) in [6.07, 6.45) is 4.59. The van der Waals surface area contributed by atoms with Crippen LogP contribution >= 0.6 is 11.6 Å². The van der Waals surface area contributed by atoms with Crippen molar-refractivity contribution in [2.45, 2.75) is 39.7 Å². The molecule has 0 heterocycles. The fraction of sp³-hybridized carbons (Fsp3) is 0.412. The maximum Gasteiger partial charge on any atom is 0.331 e. The highest BCUT2D eigenvalue weighted by atomic mass is 35.5. The number of nitrogens with one attached hydrogen (secondary N) is 1. The summed E-state index contributed by atoms with van der Waals surface area (Å²) in [7, 11) is 0. The second kappa shape index (κ2) is 9.26. The zero-order valence-corrected chi connectivity index (χ0v) is 13.9. The summed E-state index contributed by atoms with van der Waals surface area (Å²) < 4.78 is 4.90. The van der Waals surface area contributed by atoms with Gasteiger partial charge in [0, 0.05) is 17.1 Å². The van der Waals surface area contributed by atoms with Crippen LogP contribution in [-0.4, -0.2) is 24.5 Å². The molecule has 0 aromatic heterocycles. The highest BCUT2D eigenvalue weighted by Gasteiger charge is 2.09. The molecule has 0 spiro atoms. The highest BCUT2D eigenvalue weighted by molar-refractivity contribution is 6.31. The molecule has 0 aliphatic rings. The lowest BCUT2D eigenvalue weighted by molar-refractivity contribution is -0.144. The summed E-state index contributed by atoms with van der Waals surface area (Å²) in [5.74, 6) is -0.842. The number of rotatable bonds is 7. The van der Waals surface area contributed by atoms with Gasteiger partial charge in [0.1, 0.15) is 0 Å². The van der Waals surface area contributed by atoms with Crippen LogP contribution in [0.5, 0.6) is 0 Å². The Morgan fingerprint density at radius 1 is 1.32 bits per heavy atom. The number of ether oxygens (including phenoxy) is 1. The molecule has 1 aromatic carbocycles. The molecule has 0 bridgehead atoms. The molecule has 5 heteroatoms. The number of esters is 1. The Labute approximate surface area is 136 Å². The van der Waals surface area contributed by atoms with E-state index in [1.807, 2.05) is 32.9 Å². The van der Waals surface area contributed by atoms with Crippen LogP contribution < -0.4 is 5.32 Å². The van der Waals surface area contributed by atoms with Gasteiger partial charge in [-0.2, -0.15) is 0 Å². The quantitative estimate of drug-likeness (QED) is 0.617. The third kappa shape index (κ3) is 6.31. The minimum absolute atomic E-state index is 0.122. The van der Waals surface area contributed by atoms with Crippen LogP contribution in [0, 0.1) is 6.92 Å². The Bertz CT molecular complexity index is 551. The van der Waals surface area contributed by atoms with Gasteiger partial charge in [0.05, 0.1) is 0 Å². The molecule has 0 unspecified atom stereocenters. The molecule has 0 saturated heterocycles. The predicted octanol–water partition coefficient (Wildman–Crippen LogP) is 3.51. The molecule has 1 N–H and O–H groups in total. The second-order valence-corrected chi connectivity index (χ2v) is 5.44. The van der Waals surface area contributed by atoms with Crippen molar-refractivity contribution >= 4 is 29.6 Å². The summed E-state index contributed by atoms with van der Waals surface area (Å²) in [4.78, 5) is 23.2. The smallest absolute Gasteiger partial charge is 0.331 e. The molecule has 1 aromatic rings. The van der Waals surface area contributed by atoms with Gasteiger partial charge in [-0.15, -0.1) is 0 Å². The second-order valence-electron chi connectivity index (χ2n) is 5.03. The molecule has 1 rings (SSSR count). The Hall–Kier alpha value is -1.81. The highest BCUT2D eigenvalue weighted by Crippen LogP contribution is 2.17. The monoisotopic (exact) mass is 323 g/mol.